The minimum Gasteiger partial charge on any atom is -0.497 e. The second-order valence-electron chi connectivity index (χ2n) is 6.96. The first-order valence-corrected chi connectivity index (χ1v) is 9.47. The highest BCUT2D eigenvalue weighted by Crippen LogP contribution is 2.29. The molecule has 0 radical (unpaired) electrons. The first kappa shape index (κ1) is 19.7. The highest BCUT2D eigenvalue weighted by atomic mass is 16.5. The van der Waals surface area contributed by atoms with Crippen molar-refractivity contribution in [3.63, 3.8) is 0 Å². The normalized spacial score (nSPS) is 10.7. The molecular formula is C23H26N2O3. The molecule has 0 fully saturated rings. The molecule has 0 unspecified atom stereocenters. The molecule has 0 aliphatic heterocycles. The summed E-state index contributed by atoms with van der Waals surface area (Å²) in [6, 6.07) is 13.5. The molecule has 3 aromatic rings. The van der Waals surface area contributed by atoms with Crippen molar-refractivity contribution in [2.75, 3.05) is 19.0 Å². The van der Waals surface area contributed by atoms with Gasteiger partial charge in [-0.25, -0.2) is 0 Å². The van der Waals surface area contributed by atoms with Gasteiger partial charge in [-0.05, 0) is 61.7 Å². The summed E-state index contributed by atoms with van der Waals surface area (Å²) in [5, 5.41) is 3.73. The van der Waals surface area contributed by atoms with Crippen molar-refractivity contribution in [2.45, 2.75) is 33.6 Å². The number of methoxy groups -OCH3 is 1. The van der Waals surface area contributed by atoms with Crippen LogP contribution in [0.15, 0.2) is 42.5 Å². The molecule has 5 heteroatoms. The zero-order valence-corrected chi connectivity index (χ0v) is 16.8. The van der Waals surface area contributed by atoms with Crippen molar-refractivity contribution >= 4 is 22.5 Å². The Kier molecular flexibility index (Phi) is 6.14. The Morgan fingerprint density at radius 3 is 2.50 bits per heavy atom. The highest BCUT2D eigenvalue weighted by Gasteiger charge is 2.11. The predicted octanol–water partition coefficient (Wildman–Crippen LogP) is 4.83. The molecule has 1 N–H and O–H groups in total. The first-order valence-electron chi connectivity index (χ1n) is 9.47. The summed E-state index contributed by atoms with van der Waals surface area (Å²) in [5.41, 5.74) is 4.76. The number of ether oxygens (including phenoxy) is 2. The van der Waals surface area contributed by atoms with E-state index in [1.54, 1.807) is 7.11 Å². The van der Waals surface area contributed by atoms with E-state index in [1.165, 1.54) is 0 Å². The monoisotopic (exact) mass is 378 g/mol. The number of carbonyl (C=O) groups excluding carboxylic acids is 1. The van der Waals surface area contributed by atoms with Crippen molar-refractivity contribution in [3.8, 4) is 11.5 Å². The lowest BCUT2D eigenvalue weighted by Gasteiger charge is -2.13. The molecule has 0 spiro atoms. The van der Waals surface area contributed by atoms with E-state index in [1.807, 2.05) is 50.2 Å². The average molecular weight is 378 g/mol. The number of nitrogens with one attached hydrogen (secondary N) is 1. The third kappa shape index (κ3) is 4.80. The van der Waals surface area contributed by atoms with Gasteiger partial charge in [-0.2, -0.15) is 0 Å². The third-order valence-electron chi connectivity index (χ3n) is 4.40. The summed E-state index contributed by atoms with van der Waals surface area (Å²) in [5.74, 6) is 1.17. The molecule has 5 nitrogen and oxygen atoms in total. The highest BCUT2D eigenvalue weighted by molar-refractivity contribution is 5.93. The largest absolute Gasteiger partial charge is 0.497 e. The Morgan fingerprint density at radius 2 is 1.82 bits per heavy atom. The predicted molar refractivity (Wildman–Crippen MR) is 112 cm³/mol. The molecule has 0 aliphatic carbocycles. The van der Waals surface area contributed by atoms with Gasteiger partial charge in [-0.15, -0.1) is 0 Å². The number of pyridine rings is 1. The van der Waals surface area contributed by atoms with Gasteiger partial charge in [0.2, 0.25) is 0 Å². The molecule has 1 heterocycles. The van der Waals surface area contributed by atoms with Crippen molar-refractivity contribution < 1.29 is 14.3 Å². The second-order valence-corrected chi connectivity index (χ2v) is 6.96. The Morgan fingerprint density at radius 1 is 1.07 bits per heavy atom. The van der Waals surface area contributed by atoms with E-state index in [2.05, 4.69) is 23.3 Å². The van der Waals surface area contributed by atoms with Gasteiger partial charge in [-0.3, -0.25) is 9.78 Å². The Labute approximate surface area is 165 Å². The molecule has 146 valence electrons. The van der Waals surface area contributed by atoms with Gasteiger partial charge >= 0.3 is 0 Å². The van der Waals surface area contributed by atoms with Crippen LogP contribution in [-0.4, -0.2) is 24.6 Å². The van der Waals surface area contributed by atoms with E-state index in [0.717, 1.165) is 52.0 Å². The number of benzene rings is 2. The summed E-state index contributed by atoms with van der Waals surface area (Å²) in [7, 11) is 1.62. The molecule has 3 rings (SSSR count). The number of anilines is 1. The van der Waals surface area contributed by atoms with Crippen LogP contribution in [0, 0.1) is 13.8 Å². The number of carbonyl (C=O) groups is 1. The SMILES string of the molecule is CCCc1cc(OCC(=O)Nc2cc(C)cc(C)c2)c2cc(OC)ccc2n1. The Balaban J connectivity index is 1.80. The fourth-order valence-electron chi connectivity index (χ4n) is 3.24. The number of amides is 1. The van der Waals surface area contributed by atoms with Crippen molar-refractivity contribution in [1.29, 1.82) is 0 Å². The Hall–Kier alpha value is -3.08. The molecule has 0 saturated heterocycles. The van der Waals surface area contributed by atoms with Gasteiger partial charge in [0.05, 0.1) is 12.6 Å². The van der Waals surface area contributed by atoms with E-state index < -0.39 is 0 Å². The van der Waals surface area contributed by atoms with Crippen LogP contribution >= 0.6 is 0 Å². The van der Waals surface area contributed by atoms with E-state index in [9.17, 15) is 4.79 Å². The number of fused-ring (bicyclic) bond motifs is 1. The van der Waals surface area contributed by atoms with E-state index in [0.29, 0.717) is 5.75 Å². The van der Waals surface area contributed by atoms with Crippen molar-refractivity contribution in [1.82, 2.24) is 4.98 Å². The number of hydrogen-bond donors (Lipinski definition) is 1. The fourth-order valence-corrected chi connectivity index (χ4v) is 3.24. The van der Waals surface area contributed by atoms with Crippen molar-refractivity contribution in [2.24, 2.45) is 0 Å². The summed E-state index contributed by atoms with van der Waals surface area (Å²) in [6.07, 6.45) is 1.84. The lowest BCUT2D eigenvalue weighted by Crippen LogP contribution is -2.20. The zero-order valence-electron chi connectivity index (χ0n) is 16.8. The summed E-state index contributed by atoms with van der Waals surface area (Å²) >= 11 is 0. The lowest BCUT2D eigenvalue weighted by atomic mass is 10.1. The van der Waals surface area contributed by atoms with Crippen LogP contribution in [0.1, 0.15) is 30.2 Å². The van der Waals surface area contributed by atoms with Crippen LogP contribution in [0.4, 0.5) is 5.69 Å². The van der Waals surface area contributed by atoms with Gasteiger partial charge in [-0.1, -0.05) is 19.4 Å². The topological polar surface area (TPSA) is 60.5 Å². The summed E-state index contributed by atoms with van der Waals surface area (Å²) in [4.78, 5) is 17.1. The fraction of sp³-hybridized carbons (Fsp3) is 0.304. The molecule has 0 atom stereocenters. The number of rotatable bonds is 7. The van der Waals surface area contributed by atoms with Crippen LogP contribution in [-0.2, 0) is 11.2 Å². The van der Waals surface area contributed by atoms with Crippen LogP contribution in [0.3, 0.4) is 0 Å². The first-order chi connectivity index (χ1) is 13.5. The molecule has 1 amide bonds. The standard InChI is InChI=1S/C23H26N2O3/c1-5-6-17-12-22(20-13-19(27-4)7-8-21(20)24-17)28-14-23(26)25-18-10-15(2)9-16(3)11-18/h7-13H,5-6,14H2,1-4H3,(H,25,26). The molecule has 0 saturated carbocycles. The van der Waals surface area contributed by atoms with E-state index in [4.69, 9.17) is 9.47 Å². The maximum Gasteiger partial charge on any atom is 0.262 e. The summed E-state index contributed by atoms with van der Waals surface area (Å²) in [6.45, 7) is 6.04. The quantitative estimate of drug-likeness (QED) is 0.640. The molecule has 0 bridgehead atoms. The maximum atomic E-state index is 12.4. The molecule has 2 aromatic carbocycles. The number of hydrogen-bond acceptors (Lipinski definition) is 4. The van der Waals surface area contributed by atoms with Crippen LogP contribution in [0.2, 0.25) is 0 Å². The molecule has 28 heavy (non-hydrogen) atoms. The van der Waals surface area contributed by atoms with Gasteiger partial charge in [0.1, 0.15) is 11.5 Å². The van der Waals surface area contributed by atoms with Gasteiger partial charge in [0, 0.05) is 22.8 Å². The lowest BCUT2D eigenvalue weighted by molar-refractivity contribution is -0.118. The number of aryl methyl sites for hydroxylation is 3. The number of nitrogens with zero attached hydrogens (tertiary/aromatic N) is 1. The Bertz CT molecular complexity index is 978. The van der Waals surface area contributed by atoms with E-state index in [-0.39, 0.29) is 12.5 Å². The molecular weight excluding hydrogens is 352 g/mol. The van der Waals surface area contributed by atoms with Crippen LogP contribution in [0.25, 0.3) is 10.9 Å². The number of aromatic nitrogens is 1. The molecule has 0 aliphatic rings. The van der Waals surface area contributed by atoms with Gasteiger partial charge < -0.3 is 14.8 Å². The van der Waals surface area contributed by atoms with E-state index >= 15 is 0 Å². The van der Waals surface area contributed by atoms with Gasteiger partial charge in [0.25, 0.3) is 5.91 Å². The van der Waals surface area contributed by atoms with Gasteiger partial charge in [0.15, 0.2) is 6.61 Å². The molecule has 1 aromatic heterocycles. The van der Waals surface area contributed by atoms with Crippen molar-refractivity contribution in [3.05, 3.63) is 59.3 Å². The minimum absolute atomic E-state index is 0.0745. The smallest absolute Gasteiger partial charge is 0.262 e. The van der Waals surface area contributed by atoms with Crippen LogP contribution in [0.5, 0.6) is 11.5 Å². The maximum absolute atomic E-state index is 12.4. The average Bonchev–Trinajstić information content (AvgIpc) is 2.65. The van der Waals surface area contributed by atoms with Crippen LogP contribution < -0.4 is 14.8 Å². The zero-order chi connectivity index (χ0) is 20.1. The third-order valence-corrected chi connectivity index (χ3v) is 4.40. The summed E-state index contributed by atoms with van der Waals surface area (Å²) < 4.78 is 11.2. The minimum atomic E-state index is -0.199. The second kappa shape index (κ2) is 8.74.